The summed E-state index contributed by atoms with van der Waals surface area (Å²) in [5.41, 5.74) is 4.16. The van der Waals surface area contributed by atoms with Gasteiger partial charge in [0.15, 0.2) is 11.5 Å². The van der Waals surface area contributed by atoms with Gasteiger partial charge in [0.25, 0.3) is 0 Å². The highest BCUT2D eigenvalue weighted by atomic mass is 79.9. The fourth-order valence-corrected chi connectivity index (χ4v) is 3.38. The number of alkyl carbamates (subject to hydrolysis) is 1. The van der Waals surface area contributed by atoms with Crippen molar-refractivity contribution in [1.29, 1.82) is 0 Å². The van der Waals surface area contributed by atoms with Gasteiger partial charge >= 0.3 is 6.09 Å². The highest BCUT2D eigenvalue weighted by Gasteiger charge is 2.24. The van der Waals surface area contributed by atoms with Crippen LogP contribution in [-0.4, -0.2) is 42.9 Å². The summed E-state index contributed by atoms with van der Waals surface area (Å²) in [5.74, 6) is -0.154. The number of benzene rings is 2. The molecule has 2 aromatic carbocycles. The number of hydrogen-bond donors (Lipinski definition) is 4. The van der Waals surface area contributed by atoms with Crippen LogP contribution in [-0.2, 0) is 27.4 Å². The molecule has 0 saturated heterocycles. The number of carbonyl (C=O) groups excluding carboxylic acids is 2. The molecule has 2 aromatic rings. The molecule has 1 aliphatic heterocycles. The number of hydrogen-bond acceptors (Lipinski definition) is 7. The summed E-state index contributed by atoms with van der Waals surface area (Å²) >= 11 is 3.25. The smallest absolute Gasteiger partial charge is 0.408 e. The summed E-state index contributed by atoms with van der Waals surface area (Å²) in [6.45, 7) is 0.283. The van der Waals surface area contributed by atoms with Crippen molar-refractivity contribution in [3.05, 3.63) is 70.3 Å². The van der Waals surface area contributed by atoms with Gasteiger partial charge in [-0.25, -0.2) is 4.79 Å². The molecule has 3 rings (SSSR count). The first kappa shape index (κ1) is 23.4. The summed E-state index contributed by atoms with van der Waals surface area (Å²) in [4.78, 5) is 30.5. The first-order chi connectivity index (χ1) is 15.4. The molecule has 0 fully saturated rings. The Morgan fingerprint density at radius 1 is 1.22 bits per heavy atom. The molecule has 1 aliphatic rings. The Morgan fingerprint density at radius 2 is 2.00 bits per heavy atom. The van der Waals surface area contributed by atoms with Gasteiger partial charge in [-0.05, 0) is 45.3 Å². The number of aromatic hydroxyl groups is 1. The van der Waals surface area contributed by atoms with E-state index in [2.05, 4.69) is 32.0 Å². The topological polar surface area (TPSA) is 118 Å². The van der Waals surface area contributed by atoms with E-state index < -0.39 is 18.0 Å². The third kappa shape index (κ3) is 6.89. The molecule has 170 valence electrons. The minimum atomic E-state index is -0.922. The van der Waals surface area contributed by atoms with Crippen LogP contribution in [0, 0.1) is 0 Å². The van der Waals surface area contributed by atoms with Crippen molar-refractivity contribution in [2.75, 3.05) is 13.7 Å². The molecule has 2 atom stereocenters. The average molecular weight is 506 g/mol. The summed E-state index contributed by atoms with van der Waals surface area (Å²) in [6, 6.07) is 13.0. The van der Waals surface area contributed by atoms with E-state index in [-0.39, 0.29) is 37.2 Å². The van der Waals surface area contributed by atoms with E-state index in [9.17, 15) is 14.7 Å². The molecule has 32 heavy (non-hydrogen) atoms. The SMILES string of the molecule is COc1cc(C[C@H](NC(=O)OCc2ccccc2)C(=O)NCC2C=C(Br)NO2)ccc1O. The van der Waals surface area contributed by atoms with Gasteiger partial charge < -0.3 is 25.2 Å². The van der Waals surface area contributed by atoms with Crippen molar-refractivity contribution >= 4 is 27.9 Å². The van der Waals surface area contributed by atoms with E-state index in [1.165, 1.54) is 13.2 Å². The molecule has 4 N–H and O–H groups in total. The lowest BCUT2D eigenvalue weighted by molar-refractivity contribution is -0.123. The maximum Gasteiger partial charge on any atom is 0.408 e. The summed E-state index contributed by atoms with van der Waals surface area (Å²) in [7, 11) is 1.43. The Balaban J connectivity index is 1.65. The molecule has 9 nitrogen and oxygen atoms in total. The molecular weight excluding hydrogens is 482 g/mol. The van der Waals surface area contributed by atoms with Crippen molar-refractivity contribution in [3.63, 3.8) is 0 Å². The molecular formula is C22H24BrN3O6. The lowest BCUT2D eigenvalue weighted by Crippen LogP contribution is -2.49. The van der Waals surface area contributed by atoms with Crippen LogP contribution in [0.1, 0.15) is 11.1 Å². The van der Waals surface area contributed by atoms with Gasteiger partial charge in [-0.3, -0.25) is 15.1 Å². The zero-order valence-electron chi connectivity index (χ0n) is 17.3. The number of phenolic OH excluding ortho intramolecular Hbond substituents is 1. The van der Waals surface area contributed by atoms with Gasteiger partial charge in [0.2, 0.25) is 5.91 Å². The Hall–Kier alpha value is -3.24. The van der Waals surface area contributed by atoms with Crippen molar-refractivity contribution in [3.8, 4) is 11.5 Å². The number of rotatable bonds is 9. The predicted molar refractivity (Wildman–Crippen MR) is 120 cm³/mol. The molecule has 2 amide bonds. The van der Waals surface area contributed by atoms with Crippen LogP contribution in [0.4, 0.5) is 4.79 Å². The molecule has 0 radical (unpaired) electrons. The Bertz CT molecular complexity index is 969. The van der Waals surface area contributed by atoms with Crippen LogP contribution >= 0.6 is 15.9 Å². The predicted octanol–water partition coefficient (Wildman–Crippen LogP) is 2.49. The second kappa shape index (κ2) is 11.4. The number of ether oxygens (including phenoxy) is 2. The zero-order valence-corrected chi connectivity index (χ0v) is 18.9. The molecule has 10 heteroatoms. The number of amides is 2. The largest absolute Gasteiger partial charge is 0.504 e. The van der Waals surface area contributed by atoms with E-state index in [0.717, 1.165) is 5.56 Å². The van der Waals surface area contributed by atoms with Crippen LogP contribution < -0.4 is 20.9 Å². The van der Waals surface area contributed by atoms with Crippen molar-refractivity contribution in [2.24, 2.45) is 0 Å². The summed E-state index contributed by atoms with van der Waals surface area (Å²) in [5, 5.41) is 15.2. The van der Waals surface area contributed by atoms with E-state index in [1.807, 2.05) is 30.3 Å². The Kier molecular flexibility index (Phi) is 8.34. The average Bonchev–Trinajstić information content (AvgIpc) is 3.22. The van der Waals surface area contributed by atoms with Gasteiger partial charge in [0.1, 0.15) is 23.4 Å². The molecule has 1 heterocycles. The number of carbonyl (C=O) groups is 2. The standard InChI is InChI=1S/C22H24BrN3O6/c1-30-19-10-15(7-8-18(19)27)9-17(21(28)24-12-16-11-20(23)26-32-16)25-22(29)31-13-14-5-3-2-4-6-14/h2-8,10-11,16-17,26-27H,9,12-13H2,1H3,(H,24,28)(H,25,29)/t16?,17-/m0/s1. The van der Waals surface area contributed by atoms with Crippen molar-refractivity contribution in [1.82, 2.24) is 16.1 Å². The van der Waals surface area contributed by atoms with Crippen LogP contribution in [0.5, 0.6) is 11.5 Å². The monoisotopic (exact) mass is 505 g/mol. The first-order valence-corrected chi connectivity index (χ1v) is 10.6. The Labute approximate surface area is 193 Å². The number of phenols is 1. The lowest BCUT2D eigenvalue weighted by atomic mass is 10.0. The van der Waals surface area contributed by atoms with E-state index in [1.54, 1.807) is 18.2 Å². The fourth-order valence-electron chi connectivity index (χ4n) is 2.99. The normalized spacial score (nSPS) is 15.8. The quantitative estimate of drug-likeness (QED) is 0.386. The first-order valence-electron chi connectivity index (χ1n) is 9.84. The minimum absolute atomic E-state index is 0.0178. The minimum Gasteiger partial charge on any atom is -0.504 e. The molecule has 0 spiro atoms. The van der Waals surface area contributed by atoms with Gasteiger partial charge in [-0.1, -0.05) is 36.4 Å². The van der Waals surface area contributed by atoms with E-state index in [4.69, 9.17) is 14.3 Å². The van der Waals surface area contributed by atoms with Gasteiger partial charge in [0.05, 0.1) is 13.7 Å². The molecule has 1 unspecified atom stereocenters. The second-order valence-electron chi connectivity index (χ2n) is 6.99. The van der Waals surface area contributed by atoms with Gasteiger partial charge in [-0.15, -0.1) is 0 Å². The van der Waals surface area contributed by atoms with E-state index in [0.29, 0.717) is 10.2 Å². The highest BCUT2D eigenvalue weighted by molar-refractivity contribution is 9.11. The van der Waals surface area contributed by atoms with Crippen LogP contribution in [0.2, 0.25) is 0 Å². The number of methoxy groups -OCH3 is 1. The summed E-state index contributed by atoms with van der Waals surface area (Å²) < 4.78 is 11.1. The third-order valence-corrected chi connectivity index (χ3v) is 5.05. The molecule has 0 aromatic heterocycles. The number of hydroxylamine groups is 1. The van der Waals surface area contributed by atoms with Crippen molar-refractivity contribution < 1.29 is 29.0 Å². The Morgan fingerprint density at radius 3 is 2.69 bits per heavy atom. The number of nitrogens with one attached hydrogen (secondary N) is 3. The van der Waals surface area contributed by atoms with Crippen LogP contribution in [0.25, 0.3) is 0 Å². The van der Waals surface area contributed by atoms with Crippen molar-refractivity contribution in [2.45, 2.75) is 25.2 Å². The van der Waals surface area contributed by atoms with Gasteiger partial charge in [0, 0.05) is 6.42 Å². The fraction of sp³-hybridized carbons (Fsp3) is 0.273. The second-order valence-corrected chi connectivity index (χ2v) is 7.84. The maximum atomic E-state index is 12.8. The molecule has 0 aliphatic carbocycles. The van der Waals surface area contributed by atoms with E-state index >= 15 is 0 Å². The van der Waals surface area contributed by atoms with Gasteiger partial charge in [-0.2, -0.15) is 0 Å². The number of halogens is 1. The van der Waals surface area contributed by atoms with Crippen LogP contribution in [0.3, 0.4) is 0 Å². The zero-order chi connectivity index (χ0) is 22.9. The maximum absolute atomic E-state index is 12.8. The third-order valence-electron chi connectivity index (χ3n) is 4.62. The summed E-state index contributed by atoms with van der Waals surface area (Å²) in [6.07, 6.45) is 0.849. The lowest BCUT2D eigenvalue weighted by Gasteiger charge is -2.20. The molecule has 0 bridgehead atoms. The molecule has 0 saturated carbocycles. The van der Waals surface area contributed by atoms with Crippen LogP contribution in [0.15, 0.2) is 59.2 Å². The highest BCUT2D eigenvalue weighted by Crippen LogP contribution is 2.26.